The van der Waals surface area contributed by atoms with E-state index in [1.54, 1.807) is 17.8 Å². The lowest BCUT2D eigenvalue weighted by molar-refractivity contribution is -0.144. The molecule has 7 heteroatoms. The van der Waals surface area contributed by atoms with Crippen LogP contribution < -0.4 is 5.32 Å². The van der Waals surface area contributed by atoms with Gasteiger partial charge in [-0.3, -0.25) is 14.3 Å². The maximum atomic E-state index is 12.2. The summed E-state index contributed by atoms with van der Waals surface area (Å²) in [6.45, 7) is 5.72. The van der Waals surface area contributed by atoms with Crippen molar-refractivity contribution in [2.24, 2.45) is 11.8 Å². The van der Waals surface area contributed by atoms with E-state index in [4.69, 9.17) is 4.74 Å². The van der Waals surface area contributed by atoms with E-state index in [9.17, 15) is 14.7 Å². The van der Waals surface area contributed by atoms with Crippen molar-refractivity contribution in [1.29, 1.82) is 0 Å². The van der Waals surface area contributed by atoms with Gasteiger partial charge in [0.2, 0.25) is 0 Å². The summed E-state index contributed by atoms with van der Waals surface area (Å²) >= 11 is 0. The number of aliphatic carboxylic acids is 1. The minimum Gasteiger partial charge on any atom is -0.481 e. The van der Waals surface area contributed by atoms with Crippen molar-refractivity contribution >= 4 is 11.9 Å². The predicted octanol–water partition coefficient (Wildman–Crippen LogP) is 1.07. The minimum atomic E-state index is -0.867. The van der Waals surface area contributed by atoms with Crippen LogP contribution in [0.15, 0.2) is 6.20 Å². The van der Waals surface area contributed by atoms with Gasteiger partial charge in [-0.15, -0.1) is 0 Å². The average Bonchev–Trinajstić information content (AvgIpc) is 2.89. The zero-order valence-electron chi connectivity index (χ0n) is 13.0. The van der Waals surface area contributed by atoms with Gasteiger partial charge in [-0.1, -0.05) is 0 Å². The molecular formula is C15H23N3O4. The molecule has 122 valence electrons. The van der Waals surface area contributed by atoms with Crippen molar-refractivity contribution in [3.05, 3.63) is 17.5 Å². The van der Waals surface area contributed by atoms with Gasteiger partial charge >= 0.3 is 5.97 Å². The van der Waals surface area contributed by atoms with Crippen molar-refractivity contribution in [1.82, 2.24) is 15.1 Å². The number of carboxylic acids is 1. The van der Waals surface area contributed by atoms with E-state index in [1.807, 2.05) is 6.92 Å². The molecule has 0 aromatic carbocycles. The van der Waals surface area contributed by atoms with Crippen LogP contribution in [0.2, 0.25) is 0 Å². The molecule has 1 aliphatic rings. The molecule has 1 fully saturated rings. The molecule has 1 amide bonds. The average molecular weight is 309 g/mol. The third-order valence-corrected chi connectivity index (χ3v) is 4.15. The van der Waals surface area contributed by atoms with Crippen molar-refractivity contribution in [2.45, 2.75) is 33.2 Å². The van der Waals surface area contributed by atoms with Crippen LogP contribution >= 0.6 is 0 Å². The maximum absolute atomic E-state index is 12.2. The maximum Gasteiger partial charge on any atom is 0.308 e. The highest BCUT2D eigenvalue weighted by Gasteiger charge is 2.30. The number of ether oxygens (including phenoxy) is 1. The van der Waals surface area contributed by atoms with E-state index in [-0.39, 0.29) is 18.4 Å². The quantitative estimate of drug-likeness (QED) is 0.820. The standard InChI is InChI=1S/C15H23N3O4/c1-3-18-9-13(10(2)17-18)14(19)16-8-12(15(20)21)11-4-6-22-7-5-11/h9,11-12H,3-8H2,1-2H3,(H,16,19)(H,20,21). The second-order valence-corrected chi connectivity index (χ2v) is 5.59. The van der Waals surface area contributed by atoms with Crippen LogP contribution in [0.1, 0.15) is 35.8 Å². The number of carboxylic acid groups (broad SMARTS) is 1. The van der Waals surface area contributed by atoms with E-state index in [1.165, 1.54) is 0 Å². The van der Waals surface area contributed by atoms with Gasteiger partial charge in [0, 0.05) is 32.5 Å². The summed E-state index contributed by atoms with van der Waals surface area (Å²) in [7, 11) is 0. The Morgan fingerprint density at radius 2 is 2.18 bits per heavy atom. The van der Waals surface area contributed by atoms with Crippen LogP contribution in [0, 0.1) is 18.8 Å². The third-order valence-electron chi connectivity index (χ3n) is 4.15. The summed E-state index contributed by atoms with van der Waals surface area (Å²) in [5.41, 5.74) is 1.15. The molecule has 1 aromatic rings. The van der Waals surface area contributed by atoms with E-state index < -0.39 is 11.9 Å². The van der Waals surface area contributed by atoms with Crippen LogP contribution in [0.25, 0.3) is 0 Å². The van der Waals surface area contributed by atoms with E-state index in [0.717, 1.165) is 12.8 Å². The number of amides is 1. The molecule has 1 saturated heterocycles. The van der Waals surface area contributed by atoms with Gasteiger partial charge in [-0.25, -0.2) is 0 Å². The normalized spacial score (nSPS) is 17.2. The first-order valence-corrected chi connectivity index (χ1v) is 7.65. The monoisotopic (exact) mass is 309 g/mol. The SMILES string of the molecule is CCn1cc(C(=O)NCC(C(=O)O)C2CCOCC2)c(C)n1. The zero-order valence-corrected chi connectivity index (χ0v) is 13.0. The van der Waals surface area contributed by atoms with Crippen LogP contribution in [0.3, 0.4) is 0 Å². The highest BCUT2D eigenvalue weighted by Crippen LogP contribution is 2.23. The molecule has 0 saturated carbocycles. The first-order valence-electron chi connectivity index (χ1n) is 7.65. The first kappa shape index (κ1) is 16.5. The second kappa shape index (κ2) is 7.40. The highest BCUT2D eigenvalue weighted by molar-refractivity contribution is 5.95. The Hall–Kier alpha value is -1.89. The number of nitrogens with zero attached hydrogens (tertiary/aromatic N) is 2. The molecule has 7 nitrogen and oxygen atoms in total. The van der Waals surface area contributed by atoms with Crippen LogP contribution in [-0.4, -0.2) is 46.5 Å². The zero-order chi connectivity index (χ0) is 16.1. The van der Waals surface area contributed by atoms with Crippen LogP contribution in [-0.2, 0) is 16.1 Å². The van der Waals surface area contributed by atoms with Gasteiger partial charge in [0.25, 0.3) is 5.91 Å². The summed E-state index contributed by atoms with van der Waals surface area (Å²) < 4.78 is 6.96. The van der Waals surface area contributed by atoms with Crippen molar-refractivity contribution < 1.29 is 19.4 Å². The second-order valence-electron chi connectivity index (χ2n) is 5.59. The molecule has 0 bridgehead atoms. The number of carbonyl (C=O) groups is 2. The van der Waals surface area contributed by atoms with Crippen molar-refractivity contribution in [3.63, 3.8) is 0 Å². The summed E-state index contributed by atoms with van der Waals surface area (Å²) in [4.78, 5) is 23.7. The summed E-state index contributed by atoms with van der Waals surface area (Å²) in [5, 5.41) is 16.4. The van der Waals surface area contributed by atoms with Gasteiger partial charge in [0.1, 0.15) is 0 Å². The number of rotatable bonds is 6. The fourth-order valence-corrected chi connectivity index (χ4v) is 2.77. The Labute approximate surface area is 129 Å². The molecule has 1 aromatic heterocycles. The lowest BCUT2D eigenvalue weighted by Gasteiger charge is -2.27. The van der Waals surface area contributed by atoms with Gasteiger partial charge in [-0.05, 0) is 32.6 Å². The molecule has 2 heterocycles. The number of carbonyl (C=O) groups excluding carboxylic acids is 1. The topological polar surface area (TPSA) is 93.5 Å². The summed E-state index contributed by atoms with van der Waals surface area (Å²) in [6.07, 6.45) is 3.13. The number of aryl methyl sites for hydroxylation is 2. The van der Waals surface area contributed by atoms with Gasteiger partial charge in [-0.2, -0.15) is 5.10 Å². The number of aromatic nitrogens is 2. The Morgan fingerprint density at radius 1 is 1.50 bits per heavy atom. The molecule has 0 spiro atoms. The summed E-state index contributed by atoms with van der Waals surface area (Å²) in [5.74, 6) is -1.66. The molecule has 22 heavy (non-hydrogen) atoms. The van der Waals surface area contributed by atoms with Gasteiger partial charge < -0.3 is 15.2 Å². The van der Waals surface area contributed by atoms with Crippen LogP contribution in [0.5, 0.6) is 0 Å². The van der Waals surface area contributed by atoms with Gasteiger partial charge in [0.05, 0.1) is 17.2 Å². The van der Waals surface area contributed by atoms with Crippen LogP contribution in [0.4, 0.5) is 0 Å². The Balaban J connectivity index is 1.97. The fraction of sp³-hybridized carbons (Fsp3) is 0.667. The molecule has 1 unspecified atom stereocenters. The lowest BCUT2D eigenvalue weighted by atomic mass is 9.86. The molecule has 2 N–H and O–H groups in total. The van der Waals surface area contributed by atoms with Crippen molar-refractivity contribution in [3.8, 4) is 0 Å². The molecular weight excluding hydrogens is 286 g/mol. The molecule has 0 aliphatic carbocycles. The molecule has 1 atom stereocenters. The fourth-order valence-electron chi connectivity index (χ4n) is 2.77. The highest BCUT2D eigenvalue weighted by atomic mass is 16.5. The Bertz CT molecular complexity index is 535. The Morgan fingerprint density at radius 3 is 2.73 bits per heavy atom. The van der Waals surface area contributed by atoms with E-state index in [0.29, 0.717) is 31.0 Å². The summed E-state index contributed by atoms with van der Waals surface area (Å²) in [6, 6.07) is 0. The number of hydrogen-bond donors (Lipinski definition) is 2. The number of hydrogen-bond acceptors (Lipinski definition) is 4. The van der Waals surface area contributed by atoms with Crippen molar-refractivity contribution in [2.75, 3.05) is 19.8 Å². The predicted molar refractivity (Wildman–Crippen MR) is 79.6 cm³/mol. The lowest BCUT2D eigenvalue weighted by Crippen LogP contribution is -2.39. The molecule has 0 radical (unpaired) electrons. The minimum absolute atomic E-state index is 0.0472. The molecule has 2 rings (SSSR count). The molecule has 1 aliphatic heterocycles. The first-order chi connectivity index (χ1) is 10.5. The largest absolute Gasteiger partial charge is 0.481 e. The Kier molecular flexibility index (Phi) is 5.54. The smallest absolute Gasteiger partial charge is 0.308 e. The van der Waals surface area contributed by atoms with E-state index in [2.05, 4.69) is 10.4 Å². The van der Waals surface area contributed by atoms with E-state index >= 15 is 0 Å². The number of nitrogens with one attached hydrogen (secondary N) is 1. The third kappa shape index (κ3) is 3.85. The van der Waals surface area contributed by atoms with Gasteiger partial charge in [0.15, 0.2) is 0 Å².